The summed E-state index contributed by atoms with van der Waals surface area (Å²) >= 11 is 0. The van der Waals surface area contributed by atoms with Crippen LogP contribution in [-0.2, 0) is 23.1 Å². The normalized spacial score (nSPS) is 14.3. The second-order valence-corrected chi connectivity index (χ2v) is 8.90. The Balaban J connectivity index is 1.41. The molecule has 4 rings (SSSR count). The van der Waals surface area contributed by atoms with Crippen molar-refractivity contribution in [1.82, 2.24) is 24.4 Å². The van der Waals surface area contributed by atoms with E-state index in [1.807, 2.05) is 24.3 Å². The fourth-order valence-electron chi connectivity index (χ4n) is 3.06. The Labute approximate surface area is 173 Å². The van der Waals surface area contributed by atoms with Crippen molar-refractivity contribution in [1.29, 1.82) is 0 Å². The molecular formula is C20H20FN5O3S. The van der Waals surface area contributed by atoms with Crippen LogP contribution < -0.4 is 5.32 Å². The summed E-state index contributed by atoms with van der Waals surface area (Å²) in [6, 6.07) is 11.0. The average Bonchev–Trinajstić information content (AvgIpc) is 3.18. The second kappa shape index (κ2) is 8.33. The van der Waals surface area contributed by atoms with Gasteiger partial charge in [0.25, 0.3) is 5.91 Å². The molecule has 10 heteroatoms. The van der Waals surface area contributed by atoms with Crippen LogP contribution in [0.4, 0.5) is 4.39 Å². The van der Waals surface area contributed by atoms with E-state index in [-0.39, 0.29) is 12.1 Å². The van der Waals surface area contributed by atoms with Crippen molar-refractivity contribution < 1.29 is 17.6 Å². The van der Waals surface area contributed by atoms with Gasteiger partial charge in [-0.05, 0) is 35.7 Å². The molecule has 0 radical (unpaired) electrons. The Morgan fingerprint density at radius 3 is 2.47 bits per heavy atom. The van der Waals surface area contributed by atoms with Crippen molar-refractivity contribution in [3.8, 4) is 0 Å². The van der Waals surface area contributed by atoms with Gasteiger partial charge in [0.2, 0.25) is 10.0 Å². The van der Waals surface area contributed by atoms with Crippen LogP contribution in [0.3, 0.4) is 0 Å². The highest BCUT2D eigenvalue weighted by Gasteiger charge is 2.32. The quantitative estimate of drug-likeness (QED) is 0.618. The van der Waals surface area contributed by atoms with E-state index in [9.17, 15) is 17.6 Å². The van der Waals surface area contributed by atoms with Gasteiger partial charge in [-0.1, -0.05) is 24.3 Å². The van der Waals surface area contributed by atoms with Gasteiger partial charge in [0.15, 0.2) is 0 Å². The Kier molecular flexibility index (Phi) is 5.60. The largest absolute Gasteiger partial charge is 0.348 e. The van der Waals surface area contributed by atoms with Crippen molar-refractivity contribution in [3.05, 3.63) is 77.6 Å². The van der Waals surface area contributed by atoms with Crippen LogP contribution in [-0.4, -0.2) is 46.5 Å². The SMILES string of the molecule is O=C(NCc1ccc(Cn2cncn2)cc1)c1ccc(F)c(S(=O)(=O)N2CCC2)c1. The molecule has 0 atom stereocenters. The summed E-state index contributed by atoms with van der Waals surface area (Å²) in [7, 11) is -3.92. The summed E-state index contributed by atoms with van der Waals surface area (Å²) in [4.78, 5) is 15.9. The first-order valence-electron chi connectivity index (χ1n) is 9.41. The molecule has 0 unspecified atom stereocenters. The number of nitrogens with one attached hydrogen (secondary N) is 1. The molecule has 2 heterocycles. The summed E-state index contributed by atoms with van der Waals surface area (Å²) in [5.74, 6) is -1.33. The van der Waals surface area contributed by atoms with Crippen LogP contribution >= 0.6 is 0 Å². The molecule has 0 bridgehead atoms. The molecule has 1 N–H and O–H groups in total. The van der Waals surface area contributed by atoms with Gasteiger partial charge in [-0.15, -0.1) is 0 Å². The van der Waals surface area contributed by atoms with Crippen molar-refractivity contribution in [3.63, 3.8) is 0 Å². The number of hydrogen-bond donors (Lipinski definition) is 1. The molecule has 0 spiro atoms. The van der Waals surface area contributed by atoms with Gasteiger partial charge in [-0.25, -0.2) is 22.5 Å². The standard InChI is InChI=1S/C20H20FN5O3S/c21-18-7-6-17(10-19(18)30(28,29)26-8-1-9-26)20(27)23-11-15-2-4-16(5-3-15)12-25-14-22-13-24-25/h2-7,10,13-14H,1,8-9,11-12H2,(H,23,27). The van der Waals surface area contributed by atoms with E-state index >= 15 is 0 Å². The van der Waals surface area contributed by atoms with E-state index in [1.54, 1.807) is 11.0 Å². The summed E-state index contributed by atoms with van der Waals surface area (Å²) < 4.78 is 42.0. The Morgan fingerprint density at radius 1 is 1.10 bits per heavy atom. The first-order valence-corrected chi connectivity index (χ1v) is 10.9. The van der Waals surface area contributed by atoms with Gasteiger partial charge in [-0.2, -0.15) is 9.40 Å². The number of halogens is 1. The molecule has 0 aliphatic carbocycles. The smallest absolute Gasteiger partial charge is 0.251 e. The molecule has 156 valence electrons. The van der Waals surface area contributed by atoms with E-state index in [2.05, 4.69) is 15.4 Å². The van der Waals surface area contributed by atoms with E-state index < -0.39 is 26.6 Å². The van der Waals surface area contributed by atoms with Crippen LogP contribution in [0.2, 0.25) is 0 Å². The van der Waals surface area contributed by atoms with E-state index in [0.29, 0.717) is 19.6 Å². The summed E-state index contributed by atoms with van der Waals surface area (Å²) in [5.41, 5.74) is 2.01. The number of benzene rings is 2. The van der Waals surface area contributed by atoms with Crippen LogP contribution in [0.15, 0.2) is 60.0 Å². The maximum Gasteiger partial charge on any atom is 0.251 e. The zero-order valence-electron chi connectivity index (χ0n) is 16.0. The Bertz CT molecular complexity index is 1140. The van der Waals surface area contributed by atoms with Crippen molar-refractivity contribution in [2.24, 2.45) is 0 Å². The minimum atomic E-state index is -3.92. The molecule has 1 aliphatic rings. The first-order chi connectivity index (χ1) is 14.4. The molecule has 1 aliphatic heterocycles. The molecule has 3 aromatic rings. The lowest BCUT2D eigenvalue weighted by atomic mass is 10.1. The number of rotatable bonds is 7. The van der Waals surface area contributed by atoms with E-state index in [0.717, 1.165) is 29.7 Å². The Morgan fingerprint density at radius 2 is 1.83 bits per heavy atom. The number of sulfonamides is 1. The number of aromatic nitrogens is 3. The van der Waals surface area contributed by atoms with Gasteiger partial charge in [0.1, 0.15) is 23.4 Å². The number of carbonyl (C=O) groups excluding carboxylic acids is 1. The summed E-state index contributed by atoms with van der Waals surface area (Å²) in [6.45, 7) is 1.58. The number of nitrogens with zero attached hydrogens (tertiary/aromatic N) is 4. The fraction of sp³-hybridized carbons (Fsp3) is 0.250. The third kappa shape index (κ3) is 4.24. The molecule has 0 saturated carbocycles. The minimum absolute atomic E-state index is 0.0956. The topological polar surface area (TPSA) is 97.2 Å². The van der Waals surface area contributed by atoms with Crippen LogP contribution in [0.25, 0.3) is 0 Å². The molecule has 1 amide bonds. The molecule has 1 fully saturated rings. The summed E-state index contributed by atoms with van der Waals surface area (Å²) in [6.07, 6.45) is 3.85. The van der Waals surface area contributed by atoms with Crippen LogP contribution in [0.1, 0.15) is 27.9 Å². The number of hydrogen-bond acceptors (Lipinski definition) is 5. The fourth-order valence-corrected chi connectivity index (χ4v) is 4.66. The highest BCUT2D eigenvalue weighted by molar-refractivity contribution is 7.89. The predicted octanol–water partition coefficient (Wildman–Crippen LogP) is 1.79. The molecule has 8 nitrogen and oxygen atoms in total. The first kappa shape index (κ1) is 20.2. The summed E-state index contributed by atoms with van der Waals surface area (Å²) in [5, 5.41) is 6.79. The van der Waals surface area contributed by atoms with E-state index in [1.165, 1.54) is 16.7 Å². The predicted molar refractivity (Wildman–Crippen MR) is 107 cm³/mol. The molecule has 1 aromatic heterocycles. The van der Waals surface area contributed by atoms with Crippen molar-refractivity contribution in [2.45, 2.75) is 24.4 Å². The second-order valence-electron chi connectivity index (χ2n) is 7.00. The molecule has 30 heavy (non-hydrogen) atoms. The average molecular weight is 429 g/mol. The third-order valence-electron chi connectivity index (χ3n) is 4.91. The molecular weight excluding hydrogens is 409 g/mol. The zero-order chi connectivity index (χ0) is 21.1. The lowest BCUT2D eigenvalue weighted by Crippen LogP contribution is -2.42. The lowest BCUT2D eigenvalue weighted by molar-refractivity contribution is 0.0950. The van der Waals surface area contributed by atoms with Crippen LogP contribution in [0, 0.1) is 5.82 Å². The minimum Gasteiger partial charge on any atom is -0.348 e. The maximum atomic E-state index is 14.1. The lowest BCUT2D eigenvalue weighted by Gasteiger charge is -2.29. The zero-order valence-corrected chi connectivity index (χ0v) is 16.8. The van der Waals surface area contributed by atoms with Crippen LogP contribution in [0.5, 0.6) is 0 Å². The van der Waals surface area contributed by atoms with Gasteiger partial charge in [0.05, 0.1) is 6.54 Å². The molecule has 1 saturated heterocycles. The van der Waals surface area contributed by atoms with E-state index in [4.69, 9.17) is 0 Å². The monoisotopic (exact) mass is 429 g/mol. The maximum absolute atomic E-state index is 14.1. The van der Waals surface area contributed by atoms with Gasteiger partial charge in [-0.3, -0.25) is 4.79 Å². The number of carbonyl (C=O) groups is 1. The van der Waals surface area contributed by atoms with Gasteiger partial charge in [0, 0.05) is 25.2 Å². The highest BCUT2D eigenvalue weighted by Crippen LogP contribution is 2.24. The number of amides is 1. The third-order valence-corrected chi connectivity index (χ3v) is 6.83. The van der Waals surface area contributed by atoms with Crippen molar-refractivity contribution >= 4 is 15.9 Å². The highest BCUT2D eigenvalue weighted by atomic mass is 32.2. The van der Waals surface area contributed by atoms with Gasteiger partial charge >= 0.3 is 0 Å². The molecule has 2 aromatic carbocycles. The van der Waals surface area contributed by atoms with Gasteiger partial charge < -0.3 is 5.32 Å². The van der Waals surface area contributed by atoms with Crippen molar-refractivity contribution in [2.75, 3.05) is 13.1 Å². The Hall–Kier alpha value is -3.11.